The molecule has 1 aromatic heterocycles. The van der Waals surface area contributed by atoms with Crippen LogP contribution in [0.4, 0.5) is 0 Å². The molecule has 0 unspecified atom stereocenters. The molecule has 1 aliphatic rings. The van der Waals surface area contributed by atoms with Gasteiger partial charge in [0.25, 0.3) is 11.8 Å². The Hall–Kier alpha value is -2.45. The van der Waals surface area contributed by atoms with Crippen LogP contribution in [-0.4, -0.2) is 53.0 Å². The van der Waals surface area contributed by atoms with Crippen LogP contribution in [0.25, 0.3) is 0 Å². The van der Waals surface area contributed by atoms with Gasteiger partial charge in [0.05, 0.1) is 12.2 Å². The maximum atomic E-state index is 12.1. The number of aromatic nitrogens is 3. The van der Waals surface area contributed by atoms with Crippen LogP contribution < -0.4 is 16.0 Å². The number of aryl methyl sites for hydroxylation is 1. The number of piperidine rings is 1. The lowest BCUT2D eigenvalue weighted by atomic mass is 10.1. The van der Waals surface area contributed by atoms with E-state index in [0.29, 0.717) is 30.4 Å². The van der Waals surface area contributed by atoms with Gasteiger partial charge < -0.3 is 16.0 Å². The van der Waals surface area contributed by atoms with Crippen LogP contribution in [-0.2, 0) is 0 Å². The Bertz CT molecular complexity index is 755. The molecule has 1 saturated heterocycles. The summed E-state index contributed by atoms with van der Waals surface area (Å²) in [5, 5.41) is 16.9. The monoisotopic (exact) mass is 392 g/mol. The Morgan fingerprint density at radius 2 is 1.74 bits per heavy atom. The minimum absolute atomic E-state index is 0. The average Bonchev–Trinajstić information content (AvgIpc) is 3.16. The summed E-state index contributed by atoms with van der Waals surface area (Å²) in [5.74, 6) is -0.439. The Kier molecular flexibility index (Phi) is 7.75. The van der Waals surface area contributed by atoms with Gasteiger partial charge in [-0.05, 0) is 45.0 Å². The molecule has 0 radical (unpaired) electrons. The lowest BCUT2D eigenvalue weighted by molar-refractivity contribution is 0.0925. The molecule has 27 heavy (non-hydrogen) atoms. The first-order valence-corrected chi connectivity index (χ1v) is 8.89. The highest BCUT2D eigenvalue weighted by molar-refractivity contribution is 5.94. The van der Waals surface area contributed by atoms with Gasteiger partial charge in [0.1, 0.15) is 0 Å². The molecular weight excluding hydrogens is 368 g/mol. The normalized spacial score (nSPS) is 14.3. The Morgan fingerprint density at radius 3 is 2.41 bits per heavy atom. The van der Waals surface area contributed by atoms with Crippen molar-refractivity contribution in [2.75, 3.05) is 26.2 Å². The lowest BCUT2D eigenvalue weighted by Crippen LogP contribution is -2.34. The van der Waals surface area contributed by atoms with Gasteiger partial charge in [-0.15, -0.1) is 17.5 Å². The number of rotatable bonds is 6. The molecule has 2 amide bonds. The second-order valence-electron chi connectivity index (χ2n) is 6.44. The molecule has 3 N–H and O–H groups in total. The fourth-order valence-electron chi connectivity index (χ4n) is 2.88. The summed E-state index contributed by atoms with van der Waals surface area (Å²) in [6.07, 6.45) is 3.65. The summed E-state index contributed by atoms with van der Waals surface area (Å²) in [7, 11) is 0. The summed E-state index contributed by atoms with van der Waals surface area (Å²) in [5.41, 5.74) is 2.01. The van der Waals surface area contributed by atoms with Crippen LogP contribution in [0.2, 0.25) is 0 Å². The molecule has 2 heterocycles. The number of carbonyl (C=O) groups is 2. The maximum absolute atomic E-state index is 12.1. The van der Waals surface area contributed by atoms with Crippen LogP contribution in [0.1, 0.15) is 45.3 Å². The molecular formula is C18H25ClN6O2. The molecule has 1 aliphatic heterocycles. The third-order valence-electron chi connectivity index (χ3n) is 4.44. The largest absolute Gasteiger partial charge is 0.350 e. The maximum Gasteiger partial charge on any atom is 0.273 e. The van der Waals surface area contributed by atoms with Crippen LogP contribution in [0.15, 0.2) is 30.5 Å². The van der Waals surface area contributed by atoms with E-state index in [0.717, 1.165) is 31.5 Å². The van der Waals surface area contributed by atoms with E-state index in [1.807, 2.05) is 19.1 Å². The second-order valence-corrected chi connectivity index (χ2v) is 6.44. The summed E-state index contributed by atoms with van der Waals surface area (Å²) < 4.78 is 1.77. The minimum atomic E-state index is -0.283. The smallest absolute Gasteiger partial charge is 0.273 e. The Labute approximate surface area is 164 Å². The number of nitrogens with zero attached hydrogens (tertiary/aromatic N) is 3. The van der Waals surface area contributed by atoms with Gasteiger partial charge in [-0.3, -0.25) is 9.59 Å². The van der Waals surface area contributed by atoms with Gasteiger partial charge in [0.15, 0.2) is 5.69 Å². The molecule has 0 bridgehead atoms. The standard InChI is InChI=1S/C18H24N6O2.ClH/c1-13-2-4-14(5-3-13)17(25)20-10-11-21-18(26)16-12-24(23-22-16)15-6-8-19-9-7-15;/h2-5,12,15,19H,6-11H2,1H3,(H,20,25)(H,21,26);1H. The number of hydrogen-bond acceptors (Lipinski definition) is 5. The van der Waals surface area contributed by atoms with Crippen LogP contribution in [0.3, 0.4) is 0 Å². The van der Waals surface area contributed by atoms with Gasteiger partial charge in [-0.2, -0.15) is 0 Å². The van der Waals surface area contributed by atoms with E-state index in [4.69, 9.17) is 0 Å². The molecule has 0 spiro atoms. The number of hydrogen-bond donors (Lipinski definition) is 3. The van der Waals surface area contributed by atoms with Crippen molar-refractivity contribution in [1.82, 2.24) is 30.9 Å². The quantitative estimate of drug-likeness (QED) is 0.639. The molecule has 0 saturated carbocycles. The SMILES string of the molecule is Cc1ccc(C(=O)NCCNC(=O)c2cn(C3CCNCC3)nn2)cc1.Cl. The molecule has 8 nitrogen and oxygen atoms in total. The number of nitrogens with one attached hydrogen (secondary N) is 3. The zero-order valence-corrected chi connectivity index (χ0v) is 16.1. The zero-order chi connectivity index (χ0) is 18.4. The number of halogens is 1. The van der Waals surface area contributed by atoms with Crippen molar-refractivity contribution in [3.8, 4) is 0 Å². The summed E-state index contributed by atoms with van der Waals surface area (Å²) in [6, 6.07) is 7.63. The lowest BCUT2D eigenvalue weighted by Gasteiger charge is -2.22. The van der Waals surface area contributed by atoms with E-state index in [9.17, 15) is 9.59 Å². The molecule has 3 rings (SSSR count). The molecule has 9 heteroatoms. The van der Waals surface area contributed by atoms with Crippen LogP contribution in [0.5, 0.6) is 0 Å². The molecule has 2 aromatic rings. The third kappa shape index (κ3) is 5.77. The molecule has 1 fully saturated rings. The van der Waals surface area contributed by atoms with Gasteiger partial charge >= 0.3 is 0 Å². The van der Waals surface area contributed by atoms with Crippen molar-refractivity contribution in [2.45, 2.75) is 25.8 Å². The first-order valence-electron chi connectivity index (χ1n) is 8.89. The minimum Gasteiger partial charge on any atom is -0.350 e. The Morgan fingerprint density at radius 1 is 1.11 bits per heavy atom. The molecule has 146 valence electrons. The highest BCUT2D eigenvalue weighted by Crippen LogP contribution is 2.16. The van der Waals surface area contributed by atoms with Gasteiger partial charge in [0.2, 0.25) is 0 Å². The summed E-state index contributed by atoms with van der Waals surface area (Å²) >= 11 is 0. The molecule has 1 aromatic carbocycles. The van der Waals surface area contributed by atoms with Gasteiger partial charge in [0, 0.05) is 18.7 Å². The first kappa shape index (κ1) is 20.9. The van der Waals surface area contributed by atoms with Gasteiger partial charge in [-0.25, -0.2) is 4.68 Å². The fraction of sp³-hybridized carbons (Fsp3) is 0.444. The third-order valence-corrected chi connectivity index (χ3v) is 4.44. The van der Waals surface area contributed by atoms with E-state index in [2.05, 4.69) is 26.3 Å². The predicted molar refractivity (Wildman–Crippen MR) is 104 cm³/mol. The fourth-order valence-corrected chi connectivity index (χ4v) is 2.88. The summed E-state index contributed by atoms with van der Waals surface area (Å²) in [4.78, 5) is 24.1. The van der Waals surface area contributed by atoms with Crippen molar-refractivity contribution in [3.05, 3.63) is 47.3 Å². The Balaban J connectivity index is 0.00000261. The summed E-state index contributed by atoms with van der Waals surface area (Å²) in [6.45, 7) is 4.55. The van der Waals surface area contributed by atoms with E-state index in [1.165, 1.54) is 0 Å². The van der Waals surface area contributed by atoms with Crippen molar-refractivity contribution in [1.29, 1.82) is 0 Å². The number of amides is 2. The number of benzene rings is 1. The molecule has 0 atom stereocenters. The predicted octanol–water partition coefficient (Wildman–Crippen LogP) is 1.09. The van der Waals surface area contributed by atoms with Crippen LogP contribution in [0, 0.1) is 6.92 Å². The number of carbonyl (C=O) groups excluding carboxylic acids is 2. The van der Waals surface area contributed by atoms with E-state index < -0.39 is 0 Å². The van der Waals surface area contributed by atoms with Crippen molar-refractivity contribution < 1.29 is 9.59 Å². The van der Waals surface area contributed by atoms with E-state index in [-0.39, 0.29) is 24.2 Å². The van der Waals surface area contributed by atoms with Crippen molar-refractivity contribution >= 4 is 24.2 Å². The van der Waals surface area contributed by atoms with Gasteiger partial charge in [-0.1, -0.05) is 22.9 Å². The van der Waals surface area contributed by atoms with E-state index >= 15 is 0 Å². The average molecular weight is 393 g/mol. The van der Waals surface area contributed by atoms with E-state index in [1.54, 1.807) is 23.0 Å². The van der Waals surface area contributed by atoms with Crippen LogP contribution >= 0.6 is 12.4 Å². The van der Waals surface area contributed by atoms with Crippen molar-refractivity contribution in [3.63, 3.8) is 0 Å². The zero-order valence-electron chi connectivity index (χ0n) is 15.3. The highest BCUT2D eigenvalue weighted by atomic mass is 35.5. The highest BCUT2D eigenvalue weighted by Gasteiger charge is 2.18. The first-order chi connectivity index (χ1) is 12.6. The topological polar surface area (TPSA) is 101 Å². The van der Waals surface area contributed by atoms with Crippen molar-refractivity contribution in [2.24, 2.45) is 0 Å². The second kappa shape index (κ2) is 10.0. The molecule has 0 aliphatic carbocycles.